The van der Waals surface area contributed by atoms with Gasteiger partial charge in [-0.25, -0.2) is 9.37 Å². The van der Waals surface area contributed by atoms with Crippen molar-refractivity contribution in [2.24, 2.45) is 0 Å². The topological polar surface area (TPSA) is 71.8 Å². The van der Waals surface area contributed by atoms with Gasteiger partial charge in [0.25, 0.3) is 5.56 Å². The Bertz CT molecular complexity index is 1220. The van der Waals surface area contributed by atoms with Crippen LogP contribution in [0.25, 0.3) is 21.5 Å². The number of aromatic nitrogens is 2. The molecule has 7 heteroatoms. The molecule has 5 nitrogen and oxygen atoms in total. The highest BCUT2D eigenvalue weighted by molar-refractivity contribution is 7.17. The Morgan fingerprint density at radius 2 is 2.11 bits per heavy atom. The first kappa shape index (κ1) is 18.1. The molecule has 4 aromatic rings. The van der Waals surface area contributed by atoms with Crippen molar-refractivity contribution in [1.29, 1.82) is 5.26 Å². The van der Waals surface area contributed by atoms with E-state index in [-0.39, 0.29) is 17.8 Å². The maximum Gasteiger partial charge on any atom is 0.263 e. The molecule has 28 heavy (non-hydrogen) atoms. The number of furan rings is 1. The van der Waals surface area contributed by atoms with Crippen LogP contribution >= 0.6 is 11.3 Å². The van der Waals surface area contributed by atoms with Gasteiger partial charge < -0.3 is 4.42 Å². The summed E-state index contributed by atoms with van der Waals surface area (Å²) in [5, 5.41) is 11.2. The van der Waals surface area contributed by atoms with Gasteiger partial charge in [0.2, 0.25) is 0 Å². The van der Waals surface area contributed by atoms with E-state index >= 15 is 0 Å². The van der Waals surface area contributed by atoms with E-state index in [4.69, 9.17) is 9.68 Å². The van der Waals surface area contributed by atoms with Crippen LogP contribution in [0, 0.1) is 17.1 Å². The van der Waals surface area contributed by atoms with Gasteiger partial charge in [-0.05, 0) is 30.2 Å². The van der Waals surface area contributed by atoms with Crippen LogP contribution in [0.3, 0.4) is 0 Å². The van der Waals surface area contributed by atoms with E-state index in [0.717, 1.165) is 0 Å². The van der Waals surface area contributed by atoms with Crippen molar-refractivity contribution in [3.05, 3.63) is 75.6 Å². The van der Waals surface area contributed by atoms with Gasteiger partial charge in [-0.15, -0.1) is 11.3 Å². The maximum absolute atomic E-state index is 14.1. The number of hydrogen-bond acceptors (Lipinski definition) is 5. The van der Waals surface area contributed by atoms with Gasteiger partial charge in [-0.2, -0.15) is 5.26 Å². The van der Waals surface area contributed by atoms with Crippen LogP contribution in [0.15, 0.2) is 57.3 Å². The predicted octanol–water partition coefficient (Wildman–Crippen LogP) is 4.75. The van der Waals surface area contributed by atoms with Crippen molar-refractivity contribution in [2.75, 3.05) is 0 Å². The average molecular weight is 393 g/mol. The molecule has 0 radical (unpaired) electrons. The highest BCUT2D eigenvalue weighted by Gasteiger charge is 2.19. The third-order valence-electron chi connectivity index (χ3n) is 4.54. The van der Waals surface area contributed by atoms with Crippen molar-refractivity contribution in [2.45, 2.75) is 25.8 Å². The number of nitrogens with zero attached hydrogens (tertiary/aromatic N) is 3. The minimum absolute atomic E-state index is 0.193. The zero-order valence-electron chi connectivity index (χ0n) is 14.9. The molecular weight excluding hydrogens is 377 g/mol. The highest BCUT2D eigenvalue weighted by atomic mass is 32.1. The molecule has 0 saturated heterocycles. The minimum Gasteiger partial charge on any atom is -0.464 e. The fourth-order valence-corrected chi connectivity index (χ4v) is 4.11. The zero-order valence-corrected chi connectivity index (χ0v) is 15.7. The van der Waals surface area contributed by atoms with Crippen molar-refractivity contribution >= 4 is 21.6 Å². The van der Waals surface area contributed by atoms with Crippen molar-refractivity contribution in [3.63, 3.8) is 0 Å². The van der Waals surface area contributed by atoms with Crippen LogP contribution in [-0.4, -0.2) is 9.55 Å². The Morgan fingerprint density at radius 1 is 1.25 bits per heavy atom. The van der Waals surface area contributed by atoms with Crippen molar-refractivity contribution in [3.8, 4) is 17.4 Å². The molecular formula is C21H16FN3O2S. The van der Waals surface area contributed by atoms with Crippen LogP contribution in [0.2, 0.25) is 0 Å². The Balaban J connectivity index is 1.86. The van der Waals surface area contributed by atoms with E-state index in [9.17, 15) is 9.18 Å². The molecule has 0 atom stereocenters. The summed E-state index contributed by atoms with van der Waals surface area (Å²) in [6, 6.07) is 12.1. The molecule has 0 saturated carbocycles. The van der Waals surface area contributed by atoms with Crippen molar-refractivity contribution in [1.82, 2.24) is 9.55 Å². The predicted molar refractivity (Wildman–Crippen MR) is 106 cm³/mol. The number of halogens is 1. The fraction of sp³-hybridized carbons (Fsp3) is 0.190. The van der Waals surface area contributed by atoms with Crippen LogP contribution in [-0.2, 0) is 13.0 Å². The lowest BCUT2D eigenvalue weighted by Crippen LogP contribution is -2.25. The minimum atomic E-state index is -0.331. The highest BCUT2D eigenvalue weighted by Crippen LogP contribution is 2.31. The summed E-state index contributed by atoms with van der Waals surface area (Å²) < 4.78 is 21.2. The Kier molecular flexibility index (Phi) is 5.04. The molecule has 0 N–H and O–H groups in total. The van der Waals surface area contributed by atoms with Gasteiger partial charge in [-0.3, -0.25) is 9.36 Å². The lowest BCUT2D eigenvalue weighted by atomic mass is 10.1. The molecule has 3 heterocycles. The largest absolute Gasteiger partial charge is 0.464 e. The first-order chi connectivity index (χ1) is 13.7. The van der Waals surface area contributed by atoms with Gasteiger partial charge in [0.1, 0.15) is 22.2 Å². The van der Waals surface area contributed by atoms with E-state index in [2.05, 4.69) is 11.1 Å². The molecule has 0 unspecified atom stereocenters. The van der Waals surface area contributed by atoms with E-state index < -0.39 is 0 Å². The summed E-state index contributed by atoms with van der Waals surface area (Å²) in [4.78, 5) is 18.6. The van der Waals surface area contributed by atoms with Gasteiger partial charge in [0, 0.05) is 30.3 Å². The number of thiophene rings is 1. The Labute approximate surface area is 164 Å². The Hall–Kier alpha value is -3.24. The summed E-state index contributed by atoms with van der Waals surface area (Å²) >= 11 is 1.36. The summed E-state index contributed by atoms with van der Waals surface area (Å²) in [6.07, 6.45) is 2.62. The Morgan fingerprint density at radius 3 is 2.86 bits per heavy atom. The third-order valence-corrected chi connectivity index (χ3v) is 5.41. The standard InChI is InChI=1S/C21H16FN3O2S/c22-16-7-2-1-6-14(16)12-18-24-20-19(21(26)25(18)10-4-3-9-23)15(13-28-20)17-8-5-11-27-17/h1-2,5-8,11,13H,3-4,10,12H2. The van der Waals surface area contributed by atoms with Crippen LogP contribution in [0.1, 0.15) is 24.2 Å². The molecule has 3 aromatic heterocycles. The number of benzene rings is 1. The second-order valence-electron chi connectivity index (χ2n) is 6.32. The molecule has 0 amide bonds. The smallest absolute Gasteiger partial charge is 0.263 e. The molecule has 0 fully saturated rings. The molecule has 0 aliphatic rings. The van der Waals surface area contributed by atoms with Crippen LogP contribution in [0.5, 0.6) is 0 Å². The molecule has 1 aromatic carbocycles. The maximum atomic E-state index is 14.1. The summed E-state index contributed by atoms with van der Waals surface area (Å²) in [6.45, 7) is 0.354. The summed E-state index contributed by atoms with van der Waals surface area (Å²) in [7, 11) is 0. The van der Waals surface area contributed by atoms with Crippen LogP contribution < -0.4 is 5.56 Å². The number of hydrogen-bond donors (Lipinski definition) is 0. The molecule has 140 valence electrons. The first-order valence-corrected chi connectivity index (χ1v) is 9.72. The zero-order chi connectivity index (χ0) is 19.5. The van der Waals surface area contributed by atoms with Gasteiger partial charge in [0.05, 0.1) is 17.7 Å². The summed E-state index contributed by atoms with van der Waals surface area (Å²) in [5.41, 5.74) is 0.988. The molecule has 0 spiro atoms. The monoisotopic (exact) mass is 393 g/mol. The summed E-state index contributed by atoms with van der Waals surface area (Å²) in [5.74, 6) is 0.770. The lowest BCUT2D eigenvalue weighted by Gasteiger charge is -2.12. The molecule has 0 aliphatic heterocycles. The normalized spacial score (nSPS) is 11.0. The SMILES string of the molecule is N#CCCCn1c(Cc2ccccc2F)nc2scc(-c3ccco3)c2c1=O. The second kappa shape index (κ2) is 7.79. The van der Waals surface area contributed by atoms with Gasteiger partial charge >= 0.3 is 0 Å². The van der Waals surface area contributed by atoms with E-state index in [1.165, 1.54) is 17.4 Å². The molecule has 0 aliphatic carbocycles. The van der Waals surface area contributed by atoms with Crippen LogP contribution in [0.4, 0.5) is 4.39 Å². The van der Waals surface area contributed by atoms with Gasteiger partial charge in [-0.1, -0.05) is 18.2 Å². The number of unbranched alkanes of at least 4 members (excludes halogenated alkanes) is 1. The third kappa shape index (κ3) is 3.35. The van der Waals surface area contributed by atoms with E-state index in [0.29, 0.717) is 52.3 Å². The molecule has 0 bridgehead atoms. The number of fused-ring (bicyclic) bond motifs is 1. The lowest BCUT2D eigenvalue weighted by molar-refractivity contribution is 0.579. The fourth-order valence-electron chi connectivity index (χ4n) is 3.17. The number of nitriles is 1. The molecule has 4 rings (SSSR count). The van der Waals surface area contributed by atoms with E-state index in [1.807, 2.05) is 5.38 Å². The number of rotatable bonds is 6. The van der Waals surface area contributed by atoms with Gasteiger partial charge in [0.15, 0.2) is 0 Å². The quantitative estimate of drug-likeness (QED) is 0.443. The average Bonchev–Trinajstić information content (AvgIpc) is 3.35. The second-order valence-corrected chi connectivity index (χ2v) is 7.18. The van der Waals surface area contributed by atoms with Crippen molar-refractivity contribution < 1.29 is 8.81 Å². The first-order valence-electron chi connectivity index (χ1n) is 8.84. The van der Waals surface area contributed by atoms with E-state index in [1.54, 1.807) is 41.2 Å².